The summed E-state index contributed by atoms with van der Waals surface area (Å²) in [7, 11) is 3.51. The number of hydrogen-bond acceptors (Lipinski definition) is 24. The zero-order valence-electron chi connectivity index (χ0n) is 67.4. The molecule has 4 heterocycles. The summed E-state index contributed by atoms with van der Waals surface area (Å²) >= 11 is 0. The minimum Gasteiger partial charge on any atom is -0.496 e. The molecular formula is C76H101LiN13O21PSi2. The molecule has 0 saturated carbocycles. The number of imidazole rings is 3. The first-order valence-corrected chi connectivity index (χ1v) is 45.1. The quantitative estimate of drug-likeness (QED) is 0.00643. The van der Waals surface area contributed by atoms with Crippen LogP contribution in [0.2, 0.25) is 51.4 Å². The van der Waals surface area contributed by atoms with Gasteiger partial charge in [0.25, 0.3) is 22.7 Å². The fourth-order valence-corrected chi connectivity index (χ4v) is 11.0. The predicted molar refractivity (Wildman–Crippen MR) is 438 cm³/mol. The molecule has 0 bridgehead atoms. The van der Waals surface area contributed by atoms with Crippen molar-refractivity contribution in [2.45, 2.75) is 97.7 Å². The van der Waals surface area contributed by atoms with Gasteiger partial charge in [0, 0.05) is 113 Å². The van der Waals surface area contributed by atoms with E-state index in [1.807, 2.05) is 47.5 Å². The zero-order chi connectivity index (χ0) is 82.7. The van der Waals surface area contributed by atoms with Crippen molar-refractivity contribution in [3.05, 3.63) is 217 Å². The molecule has 1 fully saturated rings. The molecule has 1 atom stereocenters. The fourth-order valence-electron chi connectivity index (χ4n) is 9.50. The number of nitrogens with one attached hydrogen (secondary N) is 4. The number of aromatic amines is 1. The van der Waals surface area contributed by atoms with Gasteiger partial charge in [-0.1, -0.05) is 58.3 Å². The molecule has 114 heavy (non-hydrogen) atoms. The third-order valence-corrected chi connectivity index (χ3v) is 21.0. The first-order valence-electron chi connectivity index (χ1n) is 34.9. The summed E-state index contributed by atoms with van der Waals surface area (Å²) in [6.45, 7) is 24.9. The number of hydrogen-bond donors (Lipinski definition) is 4. The summed E-state index contributed by atoms with van der Waals surface area (Å²) in [6, 6.07) is 31.7. The van der Waals surface area contributed by atoms with E-state index < -0.39 is 55.1 Å². The maximum Gasteiger partial charge on any atom is 1.00 e. The van der Waals surface area contributed by atoms with Crippen LogP contribution in [0.4, 0.5) is 43.7 Å². The Morgan fingerprint density at radius 2 is 1.08 bits per heavy atom. The Labute approximate surface area is 676 Å². The number of alkyl carbamates (subject to hydrolysis) is 1. The number of aryl methyl sites for hydroxylation is 1. The number of nitro benzene ring substituents is 4. The normalized spacial score (nSPS) is 11.9. The molecule has 0 unspecified atom stereocenters. The molecule has 3 aromatic heterocycles. The SMILES string of the molecule is CCP(C)(C)=O.COc1cc(NC(=O)Nc2cccc(CNC(=O)O[C@H]3CCOC3)c2)ccc1-c1cn(COCC[Si](C)(C)C)cn1.COc1cc([N+](=O)[O-])ccc1-c1cn(COCC[Si](C)(C)C)cn1.COc1cc([N+](=O)[O-])ccc1-c1cnc[nH]1.COc1cc([N+](=O)[O-])ccc1C.COc1cc([N+](=O)[O-])ccc1C=O.[CH3-].[Li+]. The first kappa shape index (κ1) is 97.1. The largest absolute Gasteiger partial charge is 1.00 e. The van der Waals surface area contributed by atoms with Gasteiger partial charge < -0.3 is 84.7 Å². The number of H-pyrrole nitrogens is 1. The number of nitrogens with zero attached hydrogens (tertiary/aromatic N) is 9. The molecular weight excluding hydrogens is 1520 g/mol. The van der Waals surface area contributed by atoms with E-state index in [9.17, 15) is 59.4 Å². The van der Waals surface area contributed by atoms with Crippen LogP contribution in [0.25, 0.3) is 33.8 Å². The van der Waals surface area contributed by atoms with Gasteiger partial charge >= 0.3 is 31.0 Å². The van der Waals surface area contributed by atoms with Crippen LogP contribution in [-0.2, 0) is 43.5 Å². The molecule has 1 saturated heterocycles. The number of nitro groups is 4. The van der Waals surface area contributed by atoms with Gasteiger partial charge in [0.05, 0.1) is 148 Å². The molecule has 610 valence electrons. The Morgan fingerprint density at radius 1 is 0.632 bits per heavy atom. The van der Waals surface area contributed by atoms with Crippen molar-refractivity contribution in [3.63, 3.8) is 0 Å². The van der Waals surface area contributed by atoms with Crippen LogP contribution in [0.3, 0.4) is 0 Å². The van der Waals surface area contributed by atoms with E-state index >= 15 is 0 Å². The second kappa shape index (κ2) is 48.1. The van der Waals surface area contributed by atoms with Crippen LogP contribution in [0.1, 0.15) is 34.8 Å². The summed E-state index contributed by atoms with van der Waals surface area (Å²) in [4.78, 5) is 91.0. The van der Waals surface area contributed by atoms with Crippen molar-refractivity contribution in [3.8, 4) is 62.5 Å². The first-order chi connectivity index (χ1) is 53.1. The summed E-state index contributed by atoms with van der Waals surface area (Å²) in [5.74, 6) is 2.21. The van der Waals surface area contributed by atoms with E-state index in [0.717, 1.165) is 65.1 Å². The van der Waals surface area contributed by atoms with E-state index in [4.69, 9.17) is 42.6 Å². The number of carbonyl (C=O) groups excluding carboxylic acids is 3. The number of non-ortho nitro benzene ring substituents is 4. The van der Waals surface area contributed by atoms with Gasteiger partial charge in [-0.2, -0.15) is 0 Å². The van der Waals surface area contributed by atoms with E-state index in [1.165, 1.54) is 89.4 Å². The monoisotopic (exact) mass is 1630 g/mol. The van der Waals surface area contributed by atoms with E-state index in [-0.39, 0.29) is 67.4 Å². The molecule has 10 rings (SSSR count). The van der Waals surface area contributed by atoms with Gasteiger partial charge in [0.2, 0.25) is 0 Å². The third-order valence-electron chi connectivity index (χ3n) is 16.0. The maximum absolute atomic E-state index is 12.7. The number of anilines is 2. The van der Waals surface area contributed by atoms with E-state index in [1.54, 1.807) is 87.8 Å². The summed E-state index contributed by atoms with van der Waals surface area (Å²) < 4.78 is 62.0. The van der Waals surface area contributed by atoms with Crippen LogP contribution >= 0.6 is 7.14 Å². The van der Waals surface area contributed by atoms with Crippen molar-refractivity contribution in [2.75, 3.05) is 92.1 Å². The van der Waals surface area contributed by atoms with E-state index in [2.05, 4.69) is 75.2 Å². The van der Waals surface area contributed by atoms with Gasteiger partial charge in [-0.15, -0.1) is 0 Å². The van der Waals surface area contributed by atoms with Gasteiger partial charge in [-0.25, -0.2) is 24.5 Å². The van der Waals surface area contributed by atoms with Crippen molar-refractivity contribution in [1.82, 2.24) is 34.4 Å². The van der Waals surface area contributed by atoms with Gasteiger partial charge in [-0.05, 0) is 98.2 Å². The minimum atomic E-state index is -1.65. The standard InChI is InChI=1S/C29H39N5O6Si.C16H23N3O4Si.C10H9N3O3.C8H7NO4.C8H9NO3.C4H11OP.CH3.Li/c1-37-27-15-23(8-9-25(27)26-17-34(19-31-26)20-39-12-13-41(2,3)4)33-28(35)32-22-7-5-6-21(14-22)16-30-29(36)40-24-10-11-38-18-24;1-22-16-9-13(19(20)21)5-6-14(16)15-10-18(11-17-15)12-23-7-8-24(2,3)4;1-16-10-4-7(13(14)15)2-3-8(10)9-5-11-6-12-9;1-13-8-4-7(9(11)12)3-2-6(8)5-10;1-6-3-4-7(9(10)11)5-8(6)12-2;1-4-6(2,3)5;;/h5-9,14-15,17,19,24H,10-13,16,18,20H2,1-4H3,(H,30,36)(H2,32,33,35);5-6,9-11H,7-8,12H2,1-4H3;2-6H,1H3,(H,11,12);2-5H,1H3;3-5H,1-2H3;4H2,1-3H3;1H3;/q;;;;;;-1;+1/t24-;;;;;;;/m0......./s1. The Kier molecular flexibility index (Phi) is 40.9. The van der Waals surface area contributed by atoms with Crippen molar-refractivity contribution in [2.24, 2.45) is 0 Å². The number of aromatic nitrogens is 6. The molecule has 4 N–H and O–H groups in total. The Balaban J connectivity index is 0.000000391. The molecule has 0 aliphatic carbocycles. The van der Waals surface area contributed by atoms with Crippen LogP contribution in [0.5, 0.6) is 28.7 Å². The van der Waals surface area contributed by atoms with Gasteiger partial charge in [0.1, 0.15) is 48.3 Å². The van der Waals surface area contributed by atoms with Gasteiger partial charge in [0.15, 0.2) is 6.29 Å². The molecule has 3 amide bonds. The fraction of sp³-hybridized carbons (Fsp3) is 0.355. The van der Waals surface area contributed by atoms with Crippen LogP contribution in [0, 0.1) is 54.8 Å². The van der Waals surface area contributed by atoms with Crippen LogP contribution in [-0.4, -0.2) is 171 Å². The molecule has 34 nitrogen and oxygen atoms in total. The Hall–Kier alpha value is -11.1. The summed E-state index contributed by atoms with van der Waals surface area (Å²) in [5.41, 5.74) is 7.55. The maximum atomic E-state index is 12.7. The van der Waals surface area contributed by atoms with Gasteiger partial charge in [-0.3, -0.25) is 45.3 Å². The molecule has 1 aliphatic rings. The second-order valence-corrected chi connectivity index (χ2v) is 42.6. The molecule has 6 aromatic carbocycles. The van der Waals surface area contributed by atoms with E-state index in [0.29, 0.717) is 90.6 Å². The molecule has 0 spiro atoms. The van der Waals surface area contributed by atoms with Crippen molar-refractivity contribution >= 4 is 75.8 Å². The van der Waals surface area contributed by atoms with Crippen molar-refractivity contribution < 1.29 is 100 Å². The number of methoxy groups -OCH3 is 5. The number of ether oxygens (including phenoxy) is 9. The second-order valence-electron chi connectivity index (χ2n) is 27.5. The van der Waals surface area contributed by atoms with Crippen molar-refractivity contribution in [1.29, 1.82) is 0 Å². The Bertz CT molecular complexity index is 4620. The number of urea groups is 1. The topological polar surface area (TPSA) is 424 Å². The molecule has 38 heteroatoms. The smallest absolute Gasteiger partial charge is 0.496 e. The molecule has 1 aliphatic heterocycles. The number of aldehydes is 1. The number of carbonyl (C=O) groups is 3. The average molecular weight is 1630 g/mol. The number of rotatable bonds is 29. The molecule has 9 aromatic rings. The average Bonchev–Trinajstić information content (AvgIpc) is 1.64. The Morgan fingerprint density at radius 3 is 1.53 bits per heavy atom. The predicted octanol–water partition coefficient (Wildman–Crippen LogP) is 13.7. The zero-order valence-corrected chi connectivity index (χ0v) is 70.3. The van der Waals surface area contributed by atoms with Crippen LogP contribution in [0.15, 0.2) is 153 Å². The number of amides is 3. The molecule has 0 radical (unpaired) electrons. The summed E-state index contributed by atoms with van der Waals surface area (Å²) in [5, 5.41) is 50.5. The number of benzene rings is 6. The minimum absolute atomic E-state index is 0. The van der Waals surface area contributed by atoms with Crippen LogP contribution < -0.4 is 58.5 Å². The third kappa shape index (κ3) is 34.1. The summed E-state index contributed by atoms with van der Waals surface area (Å²) in [6.07, 6.45) is 11.8.